The van der Waals surface area contributed by atoms with E-state index >= 15 is 0 Å². The van der Waals surface area contributed by atoms with Gasteiger partial charge in [-0.05, 0) is 19.1 Å². The zero-order valence-electron chi connectivity index (χ0n) is 9.66. The van der Waals surface area contributed by atoms with E-state index in [4.69, 9.17) is 0 Å². The predicted octanol–water partition coefficient (Wildman–Crippen LogP) is 2.62. The maximum atomic E-state index is 3.84. The number of nitrogens with one attached hydrogen (secondary N) is 1. The molecule has 0 radical (unpaired) electrons. The van der Waals surface area contributed by atoms with Gasteiger partial charge >= 0.3 is 0 Å². The van der Waals surface area contributed by atoms with Crippen molar-refractivity contribution >= 4 is 24.3 Å². The Bertz CT molecular complexity index is 539. The normalized spacial score (nSPS) is 13.3. The highest BCUT2D eigenvalue weighted by molar-refractivity contribution is 5.65. The summed E-state index contributed by atoms with van der Waals surface area (Å²) in [6.45, 7) is 13.3. The molecule has 0 aliphatic carbocycles. The Balaban J connectivity index is 3.72. The molecular formula is C15H17N. The summed E-state index contributed by atoms with van der Waals surface area (Å²) in [5.74, 6) is 0. The van der Waals surface area contributed by atoms with Crippen LogP contribution in [-0.4, -0.2) is 4.98 Å². The van der Waals surface area contributed by atoms with Crippen LogP contribution in [-0.2, 0) is 0 Å². The van der Waals surface area contributed by atoms with Crippen molar-refractivity contribution in [2.75, 3.05) is 0 Å². The zero-order chi connectivity index (χ0) is 12.0. The maximum absolute atomic E-state index is 3.84. The van der Waals surface area contributed by atoms with Gasteiger partial charge in [-0.1, -0.05) is 50.1 Å². The number of hydrogen-bond acceptors (Lipinski definition) is 0. The molecule has 1 N–H and O–H groups in total. The van der Waals surface area contributed by atoms with Crippen LogP contribution in [0.25, 0.3) is 24.3 Å². The summed E-state index contributed by atoms with van der Waals surface area (Å²) in [5, 5.41) is 2.12. The minimum absolute atomic E-state index is 1.03. The third-order valence-electron chi connectivity index (χ3n) is 2.25. The fourth-order valence-corrected chi connectivity index (χ4v) is 1.63. The maximum Gasteiger partial charge on any atom is 0.0464 e. The Kier molecular flexibility index (Phi) is 4.34. The first kappa shape index (κ1) is 12.1. The molecule has 1 heteroatoms. The quantitative estimate of drug-likeness (QED) is 0.788. The van der Waals surface area contributed by atoms with Gasteiger partial charge in [0.1, 0.15) is 0 Å². The van der Waals surface area contributed by atoms with Crippen molar-refractivity contribution in [2.24, 2.45) is 0 Å². The molecule has 0 fully saturated rings. The van der Waals surface area contributed by atoms with Crippen LogP contribution >= 0.6 is 0 Å². The number of hydrogen-bond donors (Lipinski definition) is 1. The second-order valence-corrected chi connectivity index (χ2v) is 3.29. The first-order chi connectivity index (χ1) is 7.78. The van der Waals surface area contributed by atoms with Crippen molar-refractivity contribution in [2.45, 2.75) is 6.92 Å². The first-order valence-corrected chi connectivity index (χ1v) is 5.21. The highest BCUT2D eigenvalue weighted by Gasteiger charge is 2.01. The highest BCUT2D eigenvalue weighted by Crippen LogP contribution is 2.03. The van der Waals surface area contributed by atoms with Crippen LogP contribution in [0, 0.1) is 0 Å². The fraction of sp³-hybridized carbons (Fsp3) is 0.0667. The summed E-state index contributed by atoms with van der Waals surface area (Å²) < 4.78 is 0. The average molecular weight is 211 g/mol. The van der Waals surface area contributed by atoms with Crippen molar-refractivity contribution in [3.63, 3.8) is 0 Å². The van der Waals surface area contributed by atoms with E-state index in [9.17, 15) is 0 Å². The van der Waals surface area contributed by atoms with Crippen LogP contribution in [0.5, 0.6) is 0 Å². The van der Waals surface area contributed by atoms with Crippen molar-refractivity contribution in [3.8, 4) is 0 Å². The summed E-state index contributed by atoms with van der Waals surface area (Å²) in [5.41, 5.74) is 2.14. The molecule has 0 amide bonds. The molecule has 1 heterocycles. The molecule has 0 aliphatic rings. The highest BCUT2D eigenvalue weighted by atomic mass is 14.7. The lowest BCUT2D eigenvalue weighted by Gasteiger charge is -1.89. The van der Waals surface area contributed by atoms with Crippen molar-refractivity contribution in [1.29, 1.82) is 0 Å². The Morgan fingerprint density at radius 1 is 1.06 bits per heavy atom. The van der Waals surface area contributed by atoms with Crippen LogP contribution in [0.3, 0.4) is 0 Å². The summed E-state index contributed by atoms with van der Waals surface area (Å²) >= 11 is 0. The SMILES string of the molecule is C=C/C=c1/c(C=C)c(/C=C\C)[nH]/c1=C/C=C. The van der Waals surface area contributed by atoms with E-state index in [1.54, 1.807) is 12.2 Å². The predicted molar refractivity (Wildman–Crippen MR) is 74.2 cm³/mol. The molecule has 0 saturated heterocycles. The fourth-order valence-electron chi connectivity index (χ4n) is 1.63. The van der Waals surface area contributed by atoms with Gasteiger partial charge in [-0.15, -0.1) is 0 Å². The van der Waals surface area contributed by atoms with Gasteiger partial charge in [0.05, 0.1) is 0 Å². The van der Waals surface area contributed by atoms with Gasteiger partial charge in [-0.3, -0.25) is 0 Å². The van der Waals surface area contributed by atoms with Crippen molar-refractivity contribution in [1.82, 2.24) is 4.98 Å². The topological polar surface area (TPSA) is 15.8 Å². The van der Waals surface area contributed by atoms with Crippen LogP contribution in [0.4, 0.5) is 0 Å². The number of allylic oxidation sites excluding steroid dienone is 3. The molecule has 0 aromatic carbocycles. The molecule has 82 valence electrons. The van der Waals surface area contributed by atoms with Crippen LogP contribution < -0.4 is 10.6 Å². The molecule has 1 aromatic rings. The Morgan fingerprint density at radius 3 is 2.25 bits per heavy atom. The minimum Gasteiger partial charge on any atom is -0.355 e. The third-order valence-corrected chi connectivity index (χ3v) is 2.25. The molecule has 0 bridgehead atoms. The molecule has 1 aromatic heterocycles. The lowest BCUT2D eigenvalue weighted by Crippen LogP contribution is -2.23. The average Bonchev–Trinajstić information content (AvgIpc) is 2.58. The van der Waals surface area contributed by atoms with E-state index in [0.29, 0.717) is 0 Å². The molecule has 1 rings (SSSR count). The lowest BCUT2D eigenvalue weighted by molar-refractivity contribution is 1.29. The van der Waals surface area contributed by atoms with Gasteiger partial charge in [0, 0.05) is 21.8 Å². The Labute approximate surface area is 96.5 Å². The number of H-pyrrole nitrogens is 1. The van der Waals surface area contributed by atoms with E-state index in [-0.39, 0.29) is 0 Å². The smallest absolute Gasteiger partial charge is 0.0464 e. The second kappa shape index (κ2) is 5.76. The lowest BCUT2D eigenvalue weighted by atomic mass is 10.1. The van der Waals surface area contributed by atoms with E-state index in [2.05, 4.69) is 24.7 Å². The molecule has 0 saturated carbocycles. The molecule has 0 spiro atoms. The summed E-state index contributed by atoms with van der Waals surface area (Å²) in [4.78, 5) is 3.32. The van der Waals surface area contributed by atoms with Gasteiger partial charge in [-0.25, -0.2) is 0 Å². The minimum atomic E-state index is 1.03. The molecule has 0 aliphatic heterocycles. The zero-order valence-corrected chi connectivity index (χ0v) is 9.66. The standard InChI is InChI=1S/C15H17N/c1-5-9-13-12(8-4)14(10-6-2)16-15(13)11-7-3/h5-11,16H,1,3-4H2,2H3/b10-6-,13-9-,15-11+. The van der Waals surface area contributed by atoms with Crippen molar-refractivity contribution in [3.05, 3.63) is 59.8 Å². The Hall–Kier alpha value is -2.02. The van der Waals surface area contributed by atoms with Crippen molar-refractivity contribution < 1.29 is 0 Å². The molecule has 16 heavy (non-hydrogen) atoms. The molecular weight excluding hydrogens is 194 g/mol. The van der Waals surface area contributed by atoms with Gasteiger partial charge in [0.25, 0.3) is 0 Å². The summed E-state index contributed by atoms with van der Waals surface area (Å²) in [6, 6.07) is 0. The monoisotopic (exact) mass is 211 g/mol. The van der Waals surface area contributed by atoms with Gasteiger partial charge in [-0.2, -0.15) is 0 Å². The number of aromatic amines is 1. The Morgan fingerprint density at radius 2 is 1.75 bits per heavy atom. The van der Waals surface area contributed by atoms with Crippen LogP contribution in [0.2, 0.25) is 0 Å². The van der Waals surface area contributed by atoms with Gasteiger partial charge < -0.3 is 4.98 Å². The number of rotatable bonds is 4. The summed E-state index contributed by atoms with van der Waals surface area (Å²) in [7, 11) is 0. The van der Waals surface area contributed by atoms with Crippen LogP contribution in [0.15, 0.2) is 38.0 Å². The second-order valence-electron chi connectivity index (χ2n) is 3.29. The number of aromatic nitrogens is 1. The molecule has 1 nitrogen and oxygen atoms in total. The van der Waals surface area contributed by atoms with E-state index in [0.717, 1.165) is 21.8 Å². The van der Waals surface area contributed by atoms with Gasteiger partial charge in [0.2, 0.25) is 0 Å². The van der Waals surface area contributed by atoms with E-state index in [1.165, 1.54) is 0 Å². The van der Waals surface area contributed by atoms with Gasteiger partial charge in [0.15, 0.2) is 0 Å². The summed E-state index contributed by atoms with van der Waals surface area (Å²) in [6.07, 6.45) is 13.3. The molecule has 0 atom stereocenters. The van der Waals surface area contributed by atoms with E-state index in [1.807, 2.05) is 37.3 Å². The molecule has 0 unspecified atom stereocenters. The van der Waals surface area contributed by atoms with Crippen LogP contribution in [0.1, 0.15) is 18.2 Å². The van der Waals surface area contributed by atoms with E-state index < -0.39 is 0 Å². The largest absolute Gasteiger partial charge is 0.355 e. The first-order valence-electron chi connectivity index (χ1n) is 5.21. The third kappa shape index (κ3) is 2.31.